The molecule has 2 aromatic heterocycles. The summed E-state index contributed by atoms with van der Waals surface area (Å²) < 4.78 is 2.00. The summed E-state index contributed by atoms with van der Waals surface area (Å²) in [6.07, 6.45) is 1.96. The Hall–Kier alpha value is -2.64. The second-order valence-electron chi connectivity index (χ2n) is 5.44. The maximum absolute atomic E-state index is 9.70. The molecular formula is C18H18N4. The molecule has 0 radical (unpaired) electrons. The van der Waals surface area contributed by atoms with E-state index >= 15 is 0 Å². The van der Waals surface area contributed by atoms with Crippen molar-refractivity contribution in [3.8, 4) is 6.07 Å². The first-order chi connectivity index (χ1) is 10.7. The molecule has 1 aromatic carbocycles. The van der Waals surface area contributed by atoms with Crippen LogP contribution in [0.2, 0.25) is 0 Å². The van der Waals surface area contributed by atoms with E-state index in [4.69, 9.17) is 0 Å². The number of nitriles is 1. The molecule has 4 heteroatoms. The van der Waals surface area contributed by atoms with Gasteiger partial charge in [0.05, 0.1) is 17.5 Å². The van der Waals surface area contributed by atoms with Crippen molar-refractivity contribution in [3.63, 3.8) is 0 Å². The number of hydrogen-bond donors (Lipinski definition) is 0. The van der Waals surface area contributed by atoms with Gasteiger partial charge in [0.15, 0.2) is 0 Å². The van der Waals surface area contributed by atoms with Crippen LogP contribution in [0.4, 0.5) is 0 Å². The number of rotatable bonds is 4. The molecule has 0 spiro atoms. The highest BCUT2D eigenvalue weighted by Crippen LogP contribution is 2.24. The number of imidazole rings is 1. The molecule has 0 aliphatic carbocycles. The van der Waals surface area contributed by atoms with Gasteiger partial charge < -0.3 is 4.40 Å². The zero-order chi connectivity index (χ0) is 15.5. The third-order valence-corrected chi connectivity index (χ3v) is 3.85. The van der Waals surface area contributed by atoms with E-state index in [-0.39, 0.29) is 6.04 Å². The summed E-state index contributed by atoms with van der Waals surface area (Å²) in [6.45, 7) is 2.68. The van der Waals surface area contributed by atoms with Crippen molar-refractivity contribution >= 4 is 5.65 Å². The molecule has 0 fully saturated rings. The van der Waals surface area contributed by atoms with Crippen LogP contribution in [-0.2, 0) is 6.54 Å². The molecule has 3 rings (SSSR count). The fraction of sp³-hybridized carbons (Fsp3) is 0.222. The average molecular weight is 290 g/mol. The van der Waals surface area contributed by atoms with E-state index < -0.39 is 0 Å². The number of pyridine rings is 1. The summed E-state index contributed by atoms with van der Waals surface area (Å²) in [6, 6.07) is 18.2. The van der Waals surface area contributed by atoms with E-state index in [1.807, 2.05) is 61.0 Å². The van der Waals surface area contributed by atoms with Crippen LogP contribution in [-0.4, -0.2) is 21.3 Å². The minimum Gasteiger partial charge on any atom is -0.301 e. The first-order valence-corrected chi connectivity index (χ1v) is 7.28. The fourth-order valence-corrected chi connectivity index (χ4v) is 2.79. The Bertz CT molecular complexity index is 814. The SMILES string of the molecule is Cc1nc2ccccn2c1C(C#N)N(C)Cc1ccccc1. The van der Waals surface area contributed by atoms with Crippen LogP contribution in [0.25, 0.3) is 5.65 Å². The molecule has 0 N–H and O–H groups in total. The molecule has 0 bridgehead atoms. The van der Waals surface area contributed by atoms with E-state index in [0.29, 0.717) is 0 Å². The quantitative estimate of drug-likeness (QED) is 0.740. The van der Waals surface area contributed by atoms with Gasteiger partial charge in [0, 0.05) is 12.7 Å². The molecule has 4 nitrogen and oxygen atoms in total. The largest absolute Gasteiger partial charge is 0.301 e. The summed E-state index contributed by atoms with van der Waals surface area (Å²) in [7, 11) is 1.97. The molecule has 0 saturated heterocycles. The zero-order valence-electron chi connectivity index (χ0n) is 12.8. The minimum absolute atomic E-state index is 0.336. The molecule has 1 atom stereocenters. The van der Waals surface area contributed by atoms with Crippen LogP contribution >= 0.6 is 0 Å². The van der Waals surface area contributed by atoms with Gasteiger partial charge in [0.1, 0.15) is 11.7 Å². The zero-order valence-corrected chi connectivity index (χ0v) is 12.8. The second-order valence-corrected chi connectivity index (χ2v) is 5.44. The van der Waals surface area contributed by atoms with E-state index in [0.717, 1.165) is 23.6 Å². The minimum atomic E-state index is -0.336. The van der Waals surface area contributed by atoms with Gasteiger partial charge in [-0.05, 0) is 31.7 Å². The number of aryl methyl sites for hydroxylation is 1. The monoisotopic (exact) mass is 290 g/mol. The molecular weight excluding hydrogens is 272 g/mol. The summed E-state index contributed by atoms with van der Waals surface area (Å²) in [5, 5.41) is 9.70. The smallest absolute Gasteiger partial charge is 0.141 e. The van der Waals surface area contributed by atoms with Crippen molar-refractivity contribution in [3.05, 3.63) is 71.7 Å². The van der Waals surface area contributed by atoms with Crippen LogP contribution in [0.3, 0.4) is 0 Å². The van der Waals surface area contributed by atoms with Gasteiger partial charge in [-0.3, -0.25) is 4.90 Å². The van der Waals surface area contributed by atoms with Crippen molar-refractivity contribution in [2.75, 3.05) is 7.05 Å². The van der Waals surface area contributed by atoms with Gasteiger partial charge >= 0.3 is 0 Å². The summed E-state index contributed by atoms with van der Waals surface area (Å²) in [5.41, 5.74) is 3.91. The van der Waals surface area contributed by atoms with Gasteiger partial charge in [-0.2, -0.15) is 5.26 Å². The van der Waals surface area contributed by atoms with E-state index in [9.17, 15) is 5.26 Å². The third kappa shape index (κ3) is 2.59. The maximum Gasteiger partial charge on any atom is 0.141 e. The Morgan fingerprint density at radius 3 is 2.64 bits per heavy atom. The third-order valence-electron chi connectivity index (χ3n) is 3.85. The average Bonchev–Trinajstić information content (AvgIpc) is 2.86. The summed E-state index contributed by atoms with van der Waals surface area (Å²) in [5.74, 6) is 0. The van der Waals surface area contributed by atoms with Crippen LogP contribution in [0.1, 0.15) is 23.0 Å². The molecule has 1 unspecified atom stereocenters. The maximum atomic E-state index is 9.70. The molecule has 0 saturated carbocycles. The fourth-order valence-electron chi connectivity index (χ4n) is 2.79. The highest BCUT2D eigenvalue weighted by Gasteiger charge is 2.23. The van der Waals surface area contributed by atoms with Gasteiger partial charge in [-0.25, -0.2) is 4.98 Å². The topological polar surface area (TPSA) is 44.3 Å². The van der Waals surface area contributed by atoms with Gasteiger partial charge in [0.2, 0.25) is 0 Å². The number of nitrogens with zero attached hydrogens (tertiary/aromatic N) is 4. The highest BCUT2D eigenvalue weighted by atomic mass is 15.2. The van der Waals surface area contributed by atoms with E-state index in [2.05, 4.69) is 28.1 Å². The summed E-state index contributed by atoms with van der Waals surface area (Å²) in [4.78, 5) is 6.61. The number of benzene rings is 1. The Morgan fingerprint density at radius 1 is 1.18 bits per heavy atom. The Morgan fingerprint density at radius 2 is 1.91 bits per heavy atom. The first-order valence-electron chi connectivity index (χ1n) is 7.28. The van der Waals surface area contributed by atoms with Gasteiger partial charge in [0.25, 0.3) is 0 Å². The lowest BCUT2D eigenvalue weighted by molar-refractivity contribution is 0.277. The number of fused-ring (bicyclic) bond motifs is 1. The lowest BCUT2D eigenvalue weighted by Crippen LogP contribution is -2.24. The first kappa shape index (κ1) is 14.3. The Labute approximate surface area is 130 Å². The summed E-state index contributed by atoms with van der Waals surface area (Å²) >= 11 is 0. The number of hydrogen-bond acceptors (Lipinski definition) is 3. The Balaban J connectivity index is 1.96. The van der Waals surface area contributed by atoms with Crippen molar-refractivity contribution in [2.24, 2.45) is 0 Å². The molecule has 0 amide bonds. The standard InChI is InChI=1S/C18H18N4/c1-14-18(22-11-7-6-10-17(22)20-14)16(12-19)21(2)13-15-8-4-3-5-9-15/h3-11,16H,13H2,1-2H3. The van der Waals surface area contributed by atoms with Crippen molar-refractivity contribution in [1.82, 2.24) is 14.3 Å². The van der Waals surface area contributed by atoms with Crippen LogP contribution < -0.4 is 0 Å². The number of aromatic nitrogens is 2. The van der Waals surface area contributed by atoms with Crippen LogP contribution in [0.5, 0.6) is 0 Å². The molecule has 0 aliphatic rings. The van der Waals surface area contributed by atoms with Crippen molar-refractivity contribution in [1.29, 1.82) is 5.26 Å². The molecule has 2 heterocycles. The van der Waals surface area contributed by atoms with E-state index in [1.165, 1.54) is 5.56 Å². The van der Waals surface area contributed by atoms with Crippen LogP contribution in [0, 0.1) is 18.3 Å². The van der Waals surface area contributed by atoms with Gasteiger partial charge in [-0.1, -0.05) is 36.4 Å². The molecule has 0 aliphatic heterocycles. The predicted molar refractivity (Wildman–Crippen MR) is 86.2 cm³/mol. The lowest BCUT2D eigenvalue weighted by atomic mass is 10.1. The normalized spacial score (nSPS) is 12.5. The molecule has 110 valence electrons. The van der Waals surface area contributed by atoms with Crippen molar-refractivity contribution < 1.29 is 0 Å². The highest BCUT2D eigenvalue weighted by molar-refractivity contribution is 5.44. The van der Waals surface area contributed by atoms with Gasteiger partial charge in [-0.15, -0.1) is 0 Å². The lowest BCUT2D eigenvalue weighted by Gasteiger charge is -2.23. The predicted octanol–water partition coefficient (Wildman–Crippen LogP) is 3.34. The van der Waals surface area contributed by atoms with E-state index in [1.54, 1.807) is 0 Å². The molecule has 3 aromatic rings. The van der Waals surface area contributed by atoms with Crippen LogP contribution in [0.15, 0.2) is 54.7 Å². The Kier molecular flexibility index (Phi) is 3.90. The molecule has 22 heavy (non-hydrogen) atoms. The second kappa shape index (κ2) is 6.00. The van der Waals surface area contributed by atoms with Crippen molar-refractivity contribution in [2.45, 2.75) is 19.5 Å².